The number of piperidine rings is 2. The van der Waals surface area contributed by atoms with E-state index in [2.05, 4.69) is 69.0 Å². The number of anilines is 4. The predicted molar refractivity (Wildman–Crippen MR) is 196 cm³/mol. The fourth-order valence-corrected chi connectivity index (χ4v) is 7.56. The first-order valence-electron chi connectivity index (χ1n) is 18.5. The second-order valence-electron chi connectivity index (χ2n) is 14.3. The topological polar surface area (TPSA) is 71.2 Å². The van der Waals surface area contributed by atoms with Gasteiger partial charge in [-0.3, -0.25) is 0 Å². The van der Waals surface area contributed by atoms with Crippen molar-refractivity contribution in [3.63, 3.8) is 0 Å². The second kappa shape index (κ2) is 15.3. The van der Waals surface area contributed by atoms with Gasteiger partial charge in [0.1, 0.15) is 0 Å². The van der Waals surface area contributed by atoms with Crippen molar-refractivity contribution in [2.75, 3.05) is 46.6 Å². The van der Waals surface area contributed by atoms with Gasteiger partial charge in [-0.05, 0) is 137 Å². The van der Waals surface area contributed by atoms with Crippen LogP contribution in [-0.4, -0.2) is 60.1 Å². The fourth-order valence-electron chi connectivity index (χ4n) is 7.56. The summed E-state index contributed by atoms with van der Waals surface area (Å²) >= 11 is 0. The molecule has 2 aliphatic heterocycles. The Hall–Kier alpha value is -4.20. The van der Waals surface area contributed by atoms with Crippen molar-refractivity contribution in [2.45, 2.75) is 102 Å². The zero-order valence-corrected chi connectivity index (χ0v) is 28.4. The van der Waals surface area contributed by atoms with Crippen LogP contribution in [0, 0.1) is 0 Å². The highest BCUT2D eigenvalue weighted by Crippen LogP contribution is 2.30. The summed E-state index contributed by atoms with van der Waals surface area (Å²) in [4.78, 5) is 36.2. The van der Waals surface area contributed by atoms with E-state index in [0.29, 0.717) is 13.1 Å². The SMILES string of the molecule is O=C(Nc1ccc(N2CCCCC2)cc1)N(Cc1cccc(CN(C(=O)Nc2ccc(N3CCCCC3)cc2)C2CCC2)c1)C1CCC1. The predicted octanol–water partition coefficient (Wildman–Crippen LogP) is 8.84. The number of carbonyl (C=O) groups excluding carboxylic acids is 2. The number of nitrogens with zero attached hydrogens (tertiary/aromatic N) is 4. The number of rotatable bonds is 10. The van der Waals surface area contributed by atoms with Gasteiger partial charge in [0.2, 0.25) is 0 Å². The molecule has 2 saturated carbocycles. The van der Waals surface area contributed by atoms with Crippen molar-refractivity contribution in [3.05, 3.63) is 83.9 Å². The van der Waals surface area contributed by atoms with E-state index in [1.807, 2.05) is 34.1 Å². The van der Waals surface area contributed by atoms with E-state index < -0.39 is 0 Å². The average molecular weight is 649 g/mol. The van der Waals surface area contributed by atoms with E-state index in [-0.39, 0.29) is 24.1 Å². The van der Waals surface area contributed by atoms with Crippen molar-refractivity contribution in [1.82, 2.24) is 9.80 Å². The van der Waals surface area contributed by atoms with Gasteiger partial charge < -0.3 is 30.2 Å². The molecular weight excluding hydrogens is 596 g/mol. The molecule has 3 aromatic rings. The Morgan fingerprint density at radius 1 is 0.542 bits per heavy atom. The molecule has 2 heterocycles. The standard InChI is InChI=1S/C40H52N6O2/c47-39(41-33-16-20-35(21-17-33)43-24-3-1-4-25-43)45(37-12-8-13-37)29-31-10-7-11-32(28-31)30-46(38-14-9-15-38)40(48)42-34-18-22-36(23-19-34)44-26-5-2-6-27-44/h7,10-11,16-23,28,37-38H,1-6,8-9,12-15,24-27,29-30H2,(H,41,47)(H,42,48). The number of hydrogen-bond acceptors (Lipinski definition) is 4. The largest absolute Gasteiger partial charge is 0.372 e. The minimum atomic E-state index is -0.0439. The Bertz CT molecular complexity index is 1390. The van der Waals surface area contributed by atoms with Gasteiger partial charge in [0, 0.05) is 74.1 Å². The minimum absolute atomic E-state index is 0.0439. The van der Waals surface area contributed by atoms with Gasteiger partial charge >= 0.3 is 12.1 Å². The van der Waals surface area contributed by atoms with Gasteiger partial charge in [-0.25, -0.2) is 9.59 Å². The molecule has 254 valence electrons. The molecule has 0 unspecified atom stereocenters. The summed E-state index contributed by atoms with van der Waals surface area (Å²) in [6.07, 6.45) is 14.1. The zero-order chi connectivity index (χ0) is 32.7. The highest BCUT2D eigenvalue weighted by atomic mass is 16.2. The summed E-state index contributed by atoms with van der Waals surface area (Å²) in [5.74, 6) is 0. The Morgan fingerprint density at radius 3 is 1.29 bits per heavy atom. The number of hydrogen-bond donors (Lipinski definition) is 2. The molecule has 4 aliphatic rings. The Kier molecular flexibility index (Phi) is 10.3. The van der Waals surface area contributed by atoms with E-state index in [1.165, 1.54) is 49.9 Å². The van der Waals surface area contributed by atoms with Gasteiger partial charge in [-0.15, -0.1) is 0 Å². The third kappa shape index (κ3) is 7.91. The van der Waals surface area contributed by atoms with Crippen LogP contribution < -0.4 is 20.4 Å². The lowest BCUT2D eigenvalue weighted by atomic mass is 9.91. The zero-order valence-electron chi connectivity index (χ0n) is 28.4. The molecule has 7 rings (SSSR count). The minimum Gasteiger partial charge on any atom is -0.372 e. The summed E-state index contributed by atoms with van der Waals surface area (Å²) in [6.45, 7) is 5.53. The summed E-state index contributed by atoms with van der Waals surface area (Å²) in [5, 5.41) is 6.37. The van der Waals surface area contributed by atoms with Crippen LogP contribution in [0.5, 0.6) is 0 Å². The van der Waals surface area contributed by atoms with Crippen LogP contribution >= 0.6 is 0 Å². The van der Waals surface area contributed by atoms with Gasteiger partial charge in [0.05, 0.1) is 0 Å². The van der Waals surface area contributed by atoms with Crippen LogP contribution in [0.25, 0.3) is 0 Å². The van der Waals surface area contributed by atoms with Crippen LogP contribution in [0.2, 0.25) is 0 Å². The van der Waals surface area contributed by atoms with Crippen LogP contribution in [-0.2, 0) is 13.1 Å². The first-order valence-corrected chi connectivity index (χ1v) is 18.5. The Labute approximate surface area is 286 Å². The van der Waals surface area contributed by atoms with Gasteiger partial charge in [-0.2, -0.15) is 0 Å². The first kappa shape index (κ1) is 32.4. The average Bonchev–Trinajstić information content (AvgIpc) is 3.08. The molecule has 2 aliphatic carbocycles. The summed E-state index contributed by atoms with van der Waals surface area (Å²) < 4.78 is 0. The Morgan fingerprint density at radius 2 is 0.938 bits per heavy atom. The van der Waals surface area contributed by atoms with E-state index >= 15 is 0 Å². The van der Waals surface area contributed by atoms with Crippen molar-refractivity contribution in [3.8, 4) is 0 Å². The quantitative estimate of drug-likeness (QED) is 0.231. The smallest absolute Gasteiger partial charge is 0.322 e. The molecule has 0 spiro atoms. The highest BCUT2D eigenvalue weighted by molar-refractivity contribution is 5.90. The molecule has 2 N–H and O–H groups in total. The van der Waals surface area contributed by atoms with Crippen LogP contribution in [0.3, 0.4) is 0 Å². The van der Waals surface area contributed by atoms with Gasteiger partial charge in [0.15, 0.2) is 0 Å². The lowest BCUT2D eigenvalue weighted by Gasteiger charge is -2.38. The lowest BCUT2D eigenvalue weighted by molar-refractivity contribution is 0.142. The van der Waals surface area contributed by atoms with Crippen LogP contribution in [0.15, 0.2) is 72.8 Å². The maximum atomic E-state index is 13.7. The maximum absolute atomic E-state index is 13.7. The lowest BCUT2D eigenvalue weighted by Crippen LogP contribution is -2.46. The molecule has 0 bridgehead atoms. The summed E-state index contributed by atoms with van der Waals surface area (Å²) in [7, 11) is 0. The molecule has 4 fully saturated rings. The van der Waals surface area contributed by atoms with Crippen LogP contribution in [0.1, 0.15) is 88.2 Å². The fraction of sp³-hybridized carbons (Fsp3) is 0.500. The Balaban J connectivity index is 0.987. The third-order valence-electron chi connectivity index (χ3n) is 10.9. The van der Waals surface area contributed by atoms with Crippen molar-refractivity contribution >= 4 is 34.8 Å². The summed E-state index contributed by atoms with van der Waals surface area (Å²) in [6, 6.07) is 25.5. The van der Waals surface area contributed by atoms with E-state index in [4.69, 9.17) is 0 Å². The van der Waals surface area contributed by atoms with Crippen LogP contribution in [0.4, 0.5) is 32.3 Å². The number of urea groups is 2. The number of nitrogens with one attached hydrogen (secondary N) is 2. The molecule has 0 aromatic heterocycles. The molecule has 4 amide bonds. The molecule has 0 radical (unpaired) electrons. The molecule has 8 nitrogen and oxygen atoms in total. The number of carbonyl (C=O) groups is 2. The molecule has 3 aromatic carbocycles. The third-order valence-corrected chi connectivity index (χ3v) is 10.9. The molecule has 2 saturated heterocycles. The molecule has 48 heavy (non-hydrogen) atoms. The molecular formula is C40H52N6O2. The van der Waals surface area contributed by atoms with Crippen molar-refractivity contribution in [2.24, 2.45) is 0 Å². The van der Waals surface area contributed by atoms with Crippen molar-refractivity contribution in [1.29, 1.82) is 0 Å². The van der Waals surface area contributed by atoms with Gasteiger partial charge in [-0.1, -0.05) is 24.3 Å². The highest BCUT2D eigenvalue weighted by Gasteiger charge is 2.31. The maximum Gasteiger partial charge on any atom is 0.322 e. The number of amides is 4. The molecule has 8 heteroatoms. The monoisotopic (exact) mass is 648 g/mol. The normalized spacial score (nSPS) is 18.4. The summed E-state index contributed by atoms with van der Waals surface area (Å²) in [5.41, 5.74) is 6.32. The second-order valence-corrected chi connectivity index (χ2v) is 14.3. The first-order chi connectivity index (χ1) is 23.6. The number of benzene rings is 3. The van der Waals surface area contributed by atoms with Crippen molar-refractivity contribution < 1.29 is 9.59 Å². The van der Waals surface area contributed by atoms with E-state index in [0.717, 1.165) is 87.2 Å². The van der Waals surface area contributed by atoms with E-state index in [9.17, 15) is 9.59 Å². The molecule has 0 atom stereocenters. The van der Waals surface area contributed by atoms with E-state index in [1.54, 1.807) is 0 Å². The van der Waals surface area contributed by atoms with Gasteiger partial charge in [0.25, 0.3) is 0 Å².